The summed E-state index contributed by atoms with van der Waals surface area (Å²) >= 11 is 0. The van der Waals surface area contributed by atoms with Crippen molar-refractivity contribution in [2.45, 2.75) is 32.2 Å². The predicted molar refractivity (Wildman–Crippen MR) is 99.8 cm³/mol. The van der Waals surface area contributed by atoms with Gasteiger partial charge in [0.25, 0.3) is 0 Å². The Balaban J connectivity index is 1.47. The van der Waals surface area contributed by atoms with E-state index in [1.165, 1.54) is 51.6 Å². The van der Waals surface area contributed by atoms with Crippen molar-refractivity contribution in [3.05, 3.63) is 77.5 Å². The third-order valence-electron chi connectivity index (χ3n) is 5.12. The minimum absolute atomic E-state index is 0.633. The lowest BCUT2D eigenvalue weighted by atomic mass is 10.0. The van der Waals surface area contributed by atoms with E-state index in [-0.39, 0.29) is 0 Å². The van der Waals surface area contributed by atoms with Crippen LogP contribution in [0.5, 0.6) is 0 Å². The molecule has 24 heavy (non-hydrogen) atoms. The van der Waals surface area contributed by atoms with Crippen molar-refractivity contribution in [2.75, 3.05) is 0 Å². The lowest BCUT2D eigenvalue weighted by molar-refractivity contribution is 0.665. The Morgan fingerprint density at radius 1 is 1.00 bits per heavy atom. The molecule has 2 aliphatic rings. The molecule has 0 unspecified atom stereocenters. The van der Waals surface area contributed by atoms with Gasteiger partial charge in [-0.25, -0.2) is 0 Å². The van der Waals surface area contributed by atoms with Crippen molar-refractivity contribution in [2.24, 2.45) is 0 Å². The predicted octanol–water partition coefficient (Wildman–Crippen LogP) is 5.55. The number of rotatable bonds is 3. The minimum Gasteiger partial charge on any atom is -0.262 e. The van der Waals surface area contributed by atoms with Gasteiger partial charge in [0.05, 0.1) is 17.8 Å². The van der Waals surface area contributed by atoms with E-state index in [1.807, 2.05) is 6.20 Å². The van der Waals surface area contributed by atoms with E-state index in [9.17, 15) is 0 Å². The molecule has 0 spiro atoms. The zero-order chi connectivity index (χ0) is 16.1. The molecule has 0 saturated heterocycles. The number of fused-ring (bicyclic) bond motifs is 1. The van der Waals surface area contributed by atoms with Crippen molar-refractivity contribution in [3.8, 4) is 0 Å². The van der Waals surface area contributed by atoms with Gasteiger partial charge >= 0.3 is 0 Å². The maximum Gasteiger partial charge on any atom is 0.0686 e. The number of allylic oxidation sites excluding steroid dienone is 4. The Morgan fingerprint density at radius 3 is 2.58 bits per heavy atom. The molecule has 1 fully saturated rings. The van der Waals surface area contributed by atoms with Crippen molar-refractivity contribution < 1.29 is 0 Å². The Morgan fingerprint density at radius 2 is 1.79 bits per heavy atom. The lowest BCUT2D eigenvalue weighted by Gasteiger charge is -2.04. The van der Waals surface area contributed by atoms with Crippen LogP contribution in [0, 0.1) is 6.92 Å². The summed E-state index contributed by atoms with van der Waals surface area (Å²) in [5, 5.41) is 5.83. The highest BCUT2D eigenvalue weighted by Gasteiger charge is 2.25. The van der Waals surface area contributed by atoms with Gasteiger partial charge < -0.3 is 0 Å². The van der Waals surface area contributed by atoms with E-state index in [2.05, 4.69) is 71.3 Å². The first kappa shape index (κ1) is 13.8. The number of nitrogens with zero attached hydrogens (tertiary/aromatic N) is 2. The second-order valence-electron chi connectivity index (χ2n) is 6.99. The SMILES string of the molecule is Cc1ccc(C2=CCC(c3ccc4c(cnn4C4CC4)c3)=C2)cc1. The standard InChI is InChI=1S/C22H20N2/c1-15-2-4-16(5-3-15)17-6-7-18(12-17)19-8-11-22-20(13-19)14-23-24(22)21-9-10-21/h2-6,8,11-14,21H,7,9-10H2,1H3. The van der Waals surface area contributed by atoms with Crippen LogP contribution in [0.1, 0.15) is 42.0 Å². The zero-order valence-corrected chi connectivity index (χ0v) is 13.9. The van der Waals surface area contributed by atoms with Gasteiger partial charge in [-0.1, -0.05) is 48.0 Å². The Labute approximate surface area is 142 Å². The van der Waals surface area contributed by atoms with Crippen LogP contribution in [0.4, 0.5) is 0 Å². The summed E-state index contributed by atoms with van der Waals surface area (Å²) < 4.78 is 2.19. The molecule has 0 radical (unpaired) electrons. The molecule has 1 saturated carbocycles. The van der Waals surface area contributed by atoms with Crippen LogP contribution in [0.3, 0.4) is 0 Å². The third kappa shape index (κ3) is 2.30. The highest BCUT2D eigenvalue weighted by molar-refractivity contribution is 5.92. The van der Waals surface area contributed by atoms with E-state index in [0.29, 0.717) is 6.04 Å². The Kier molecular flexibility index (Phi) is 2.99. The van der Waals surface area contributed by atoms with E-state index >= 15 is 0 Å². The van der Waals surface area contributed by atoms with Gasteiger partial charge in [0.1, 0.15) is 0 Å². The summed E-state index contributed by atoms with van der Waals surface area (Å²) in [6.45, 7) is 2.13. The highest BCUT2D eigenvalue weighted by atomic mass is 15.3. The zero-order valence-electron chi connectivity index (χ0n) is 13.9. The van der Waals surface area contributed by atoms with Crippen LogP contribution in [-0.2, 0) is 0 Å². The smallest absolute Gasteiger partial charge is 0.0686 e. The topological polar surface area (TPSA) is 17.8 Å². The summed E-state index contributed by atoms with van der Waals surface area (Å²) in [6, 6.07) is 16.2. The first-order valence-electron chi connectivity index (χ1n) is 8.73. The quantitative estimate of drug-likeness (QED) is 0.620. The molecular weight excluding hydrogens is 292 g/mol. The second kappa shape index (κ2) is 5.20. The maximum absolute atomic E-state index is 4.58. The van der Waals surface area contributed by atoms with E-state index in [0.717, 1.165) is 6.42 Å². The van der Waals surface area contributed by atoms with Crippen LogP contribution in [0.25, 0.3) is 22.0 Å². The molecule has 0 atom stereocenters. The molecule has 3 aromatic rings. The van der Waals surface area contributed by atoms with Crippen molar-refractivity contribution in [3.63, 3.8) is 0 Å². The van der Waals surface area contributed by atoms with Gasteiger partial charge in [-0.2, -0.15) is 5.10 Å². The summed E-state index contributed by atoms with van der Waals surface area (Å²) in [5.41, 5.74) is 7.92. The monoisotopic (exact) mass is 312 g/mol. The summed E-state index contributed by atoms with van der Waals surface area (Å²) in [7, 11) is 0. The molecule has 0 amide bonds. The number of benzene rings is 2. The normalized spacial score (nSPS) is 17.2. The lowest BCUT2D eigenvalue weighted by Crippen LogP contribution is -1.94. The molecule has 2 aromatic carbocycles. The first-order chi connectivity index (χ1) is 11.8. The van der Waals surface area contributed by atoms with Gasteiger partial charge in [-0.3, -0.25) is 4.68 Å². The second-order valence-corrected chi connectivity index (χ2v) is 6.99. The summed E-state index contributed by atoms with van der Waals surface area (Å²) in [5.74, 6) is 0. The van der Waals surface area contributed by atoms with Crippen LogP contribution in [0.15, 0.2) is 60.8 Å². The number of hydrogen-bond donors (Lipinski definition) is 0. The molecular formula is C22H20N2. The van der Waals surface area contributed by atoms with E-state index in [4.69, 9.17) is 0 Å². The molecule has 0 bridgehead atoms. The highest BCUT2D eigenvalue weighted by Crippen LogP contribution is 2.38. The van der Waals surface area contributed by atoms with Crippen LogP contribution in [-0.4, -0.2) is 9.78 Å². The maximum atomic E-state index is 4.58. The fourth-order valence-corrected chi connectivity index (χ4v) is 3.54. The van der Waals surface area contributed by atoms with Crippen molar-refractivity contribution in [1.82, 2.24) is 9.78 Å². The van der Waals surface area contributed by atoms with Crippen LogP contribution in [0.2, 0.25) is 0 Å². The van der Waals surface area contributed by atoms with Gasteiger partial charge in [0.15, 0.2) is 0 Å². The van der Waals surface area contributed by atoms with Crippen molar-refractivity contribution in [1.29, 1.82) is 0 Å². The van der Waals surface area contributed by atoms with Gasteiger partial charge in [-0.05, 0) is 60.6 Å². The Bertz CT molecular complexity index is 982. The fourth-order valence-electron chi connectivity index (χ4n) is 3.54. The molecule has 2 aliphatic carbocycles. The number of aryl methyl sites for hydroxylation is 1. The van der Waals surface area contributed by atoms with Gasteiger partial charge in [-0.15, -0.1) is 0 Å². The van der Waals surface area contributed by atoms with Crippen LogP contribution >= 0.6 is 0 Å². The minimum atomic E-state index is 0.633. The molecule has 0 N–H and O–H groups in total. The third-order valence-corrected chi connectivity index (χ3v) is 5.12. The first-order valence-corrected chi connectivity index (χ1v) is 8.73. The molecule has 118 valence electrons. The Hall–Kier alpha value is -2.61. The summed E-state index contributed by atoms with van der Waals surface area (Å²) in [6.07, 6.45) is 10.2. The average Bonchev–Trinajstić information content (AvgIpc) is 3.18. The largest absolute Gasteiger partial charge is 0.262 e. The molecule has 2 nitrogen and oxygen atoms in total. The average molecular weight is 312 g/mol. The molecule has 5 rings (SSSR count). The molecule has 0 aliphatic heterocycles. The number of aromatic nitrogens is 2. The van der Waals surface area contributed by atoms with E-state index in [1.54, 1.807) is 0 Å². The molecule has 1 aromatic heterocycles. The molecule has 2 heteroatoms. The van der Waals surface area contributed by atoms with Gasteiger partial charge in [0, 0.05) is 5.39 Å². The summed E-state index contributed by atoms with van der Waals surface area (Å²) in [4.78, 5) is 0. The number of hydrogen-bond acceptors (Lipinski definition) is 1. The van der Waals surface area contributed by atoms with E-state index < -0.39 is 0 Å². The molecule has 1 heterocycles. The van der Waals surface area contributed by atoms with Gasteiger partial charge in [0.2, 0.25) is 0 Å². The van der Waals surface area contributed by atoms with Crippen LogP contribution < -0.4 is 0 Å². The fraction of sp³-hybridized carbons (Fsp3) is 0.227. The van der Waals surface area contributed by atoms with Crippen molar-refractivity contribution >= 4 is 22.0 Å².